The number of hydrogen-bond acceptors (Lipinski definition) is 5. The molecule has 3 atom stereocenters. The van der Waals surface area contributed by atoms with Crippen molar-refractivity contribution in [3.63, 3.8) is 0 Å². The van der Waals surface area contributed by atoms with Gasteiger partial charge in [0.25, 0.3) is 0 Å². The molecule has 9 heteroatoms. The third-order valence-corrected chi connectivity index (χ3v) is 5.90. The number of nitrogens with two attached hydrogens (primary N) is 1. The summed E-state index contributed by atoms with van der Waals surface area (Å²) in [6.07, 6.45) is 0.512. The Hall–Kier alpha value is -1.73. The zero-order valence-corrected chi connectivity index (χ0v) is 16.4. The van der Waals surface area contributed by atoms with Crippen LogP contribution in [0.4, 0.5) is 0 Å². The zero-order valence-electron chi connectivity index (χ0n) is 15.5. The van der Waals surface area contributed by atoms with Crippen LogP contribution in [0, 0.1) is 0 Å². The second-order valence-corrected chi connectivity index (χ2v) is 8.22. The highest BCUT2D eigenvalue weighted by Gasteiger charge is 2.37. The van der Waals surface area contributed by atoms with Crippen LogP contribution in [0.5, 0.6) is 0 Å². The predicted octanol–water partition coefficient (Wildman–Crippen LogP) is 2.50. The maximum Gasteiger partial charge on any atom is 0.351 e. The molecule has 1 aromatic rings. The van der Waals surface area contributed by atoms with E-state index in [0.717, 1.165) is 5.56 Å². The SMILES string of the molecule is CCC(NC(=O)CCc1ccccc1)P(=O)(O)OC(CCCCN)C(=O)O.[HH]. The molecule has 0 fully saturated rings. The van der Waals surface area contributed by atoms with Crippen LogP contribution in [0.15, 0.2) is 30.3 Å². The fourth-order valence-electron chi connectivity index (χ4n) is 2.53. The number of rotatable bonds is 13. The second kappa shape index (κ2) is 11.9. The van der Waals surface area contributed by atoms with E-state index in [-0.39, 0.29) is 20.7 Å². The molecular weight excluding hydrogens is 371 g/mol. The summed E-state index contributed by atoms with van der Waals surface area (Å²) in [4.78, 5) is 33.6. The lowest BCUT2D eigenvalue weighted by Crippen LogP contribution is -2.36. The average molecular weight is 402 g/mol. The molecular formula is C18H31N2O6P. The Bertz CT molecular complexity index is 646. The van der Waals surface area contributed by atoms with Crippen molar-refractivity contribution >= 4 is 19.5 Å². The Labute approximate surface area is 161 Å². The second-order valence-electron chi connectivity index (χ2n) is 6.26. The molecule has 5 N–H and O–H groups in total. The van der Waals surface area contributed by atoms with E-state index in [1.807, 2.05) is 30.3 Å². The largest absolute Gasteiger partial charge is 0.479 e. The molecule has 8 nitrogen and oxygen atoms in total. The summed E-state index contributed by atoms with van der Waals surface area (Å²) in [7, 11) is -4.35. The lowest BCUT2D eigenvalue weighted by molar-refractivity contribution is -0.145. The Kier molecular flexibility index (Phi) is 10.3. The van der Waals surface area contributed by atoms with E-state index >= 15 is 0 Å². The summed E-state index contributed by atoms with van der Waals surface area (Å²) in [5.74, 6) is -2.86. The van der Waals surface area contributed by atoms with Crippen molar-refractivity contribution in [1.82, 2.24) is 5.32 Å². The summed E-state index contributed by atoms with van der Waals surface area (Å²) >= 11 is 0. The number of carboxylic acid groups (broad SMARTS) is 1. The number of unbranched alkanes of at least 4 members (excludes halogenated alkanes) is 1. The van der Waals surface area contributed by atoms with Crippen LogP contribution in [0.25, 0.3) is 0 Å². The zero-order chi connectivity index (χ0) is 20.3. The van der Waals surface area contributed by atoms with E-state index in [0.29, 0.717) is 25.8 Å². The molecule has 1 amide bonds. The Morgan fingerprint density at radius 3 is 2.52 bits per heavy atom. The van der Waals surface area contributed by atoms with Crippen LogP contribution in [0.2, 0.25) is 0 Å². The van der Waals surface area contributed by atoms with Crippen LogP contribution >= 0.6 is 7.60 Å². The molecule has 0 radical (unpaired) electrons. The molecule has 27 heavy (non-hydrogen) atoms. The van der Waals surface area contributed by atoms with E-state index in [4.69, 9.17) is 10.3 Å². The van der Waals surface area contributed by atoms with E-state index in [9.17, 15) is 24.2 Å². The summed E-state index contributed by atoms with van der Waals surface area (Å²) in [6.45, 7) is 2.02. The lowest BCUT2D eigenvalue weighted by atomic mass is 10.1. The molecule has 0 saturated heterocycles. The topological polar surface area (TPSA) is 139 Å². The molecule has 1 aromatic carbocycles. The van der Waals surface area contributed by atoms with Crippen LogP contribution in [-0.2, 0) is 25.1 Å². The van der Waals surface area contributed by atoms with Crippen molar-refractivity contribution in [3.05, 3.63) is 35.9 Å². The first-order valence-corrected chi connectivity index (χ1v) is 10.7. The van der Waals surface area contributed by atoms with Gasteiger partial charge in [-0.2, -0.15) is 0 Å². The maximum atomic E-state index is 12.5. The number of aliphatic carboxylic acids is 1. The minimum atomic E-state index is -4.35. The quantitative estimate of drug-likeness (QED) is 0.294. The van der Waals surface area contributed by atoms with Crippen molar-refractivity contribution < 1.29 is 30.1 Å². The number of carbonyl (C=O) groups excluding carboxylic acids is 1. The highest BCUT2D eigenvalue weighted by molar-refractivity contribution is 7.53. The third kappa shape index (κ3) is 8.67. The van der Waals surface area contributed by atoms with Gasteiger partial charge in [0.05, 0.1) is 0 Å². The van der Waals surface area contributed by atoms with Gasteiger partial charge in [0.15, 0.2) is 6.10 Å². The van der Waals surface area contributed by atoms with Crippen LogP contribution in [0.1, 0.15) is 46.0 Å². The molecule has 3 unspecified atom stereocenters. The van der Waals surface area contributed by atoms with E-state index < -0.39 is 31.4 Å². The molecule has 0 aliphatic carbocycles. The predicted molar refractivity (Wildman–Crippen MR) is 104 cm³/mol. The molecule has 1 rings (SSSR count). The van der Waals surface area contributed by atoms with E-state index in [1.54, 1.807) is 6.92 Å². The van der Waals surface area contributed by atoms with Gasteiger partial charge in [-0.25, -0.2) is 4.79 Å². The van der Waals surface area contributed by atoms with Crippen LogP contribution in [0.3, 0.4) is 0 Å². The van der Waals surface area contributed by atoms with Crippen molar-refractivity contribution in [2.24, 2.45) is 5.73 Å². The molecule has 154 valence electrons. The average Bonchev–Trinajstić information content (AvgIpc) is 2.64. The summed E-state index contributed by atoms with van der Waals surface area (Å²) in [6, 6.07) is 9.40. The first-order valence-electron chi connectivity index (χ1n) is 9.07. The normalized spacial score (nSPS) is 15.5. The number of nitrogens with one attached hydrogen (secondary N) is 1. The number of carbonyl (C=O) groups is 2. The van der Waals surface area contributed by atoms with Gasteiger partial charge in [-0.15, -0.1) is 0 Å². The molecule has 0 aliphatic rings. The molecule has 0 spiro atoms. The van der Waals surface area contributed by atoms with Gasteiger partial charge in [0.2, 0.25) is 5.91 Å². The van der Waals surface area contributed by atoms with Gasteiger partial charge in [-0.1, -0.05) is 37.3 Å². The molecule has 0 aromatic heterocycles. The standard InChI is InChI=1S/C18H29N2O6P.H2/c1-2-17(20-16(21)12-11-14-8-4-3-5-9-14)27(24,25)26-15(18(22)23)10-6-7-13-19;/h3-5,8-9,15,17H,2,6-7,10-13,19H2,1H3,(H,20,21)(H,22,23)(H,24,25);1H. The highest BCUT2D eigenvalue weighted by Crippen LogP contribution is 2.49. The first kappa shape index (κ1) is 23.3. The van der Waals surface area contributed by atoms with E-state index in [1.165, 1.54) is 0 Å². The van der Waals surface area contributed by atoms with Crippen molar-refractivity contribution in [3.8, 4) is 0 Å². The number of carboxylic acids is 1. The highest BCUT2D eigenvalue weighted by atomic mass is 31.2. The lowest BCUT2D eigenvalue weighted by Gasteiger charge is -2.25. The fraction of sp³-hybridized carbons (Fsp3) is 0.556. The smallest absolute Gasteiger partial charge is 0.351 e. The monoisotopic (exact) mass is 402 g/mol. The van der Waals surface area contributed by atoms with E-state index in [2.05, 4.69) is 5.32 Å². The first-order chi connectivity index (χ1) is 12.8. The number of amides is 1. The maximum absolute atomic E-state index is 12.5. The summed E-state index contributed by atoms with van der Waals surface area (Å²) in [5.41, 5.74) is 6.35. The Balaban J connectivity index is 0.00000729. The molecule has 0 bridgehead atoms. The van der Waals surface area contributed by atoms with Crippen LogP contribution in [-0.4, -0.2) is 40.3 Å². The molecule has 0 aliphatic heterocycles. The van der Waals surface area contributed by atoms with Gasteiger partial charge in [0.1, 0.15) is 5.78 Å². The van der Waals surface area contributed by atoms with Gasteiger partial charge < -0.3 is 21.1 Å². The fourth-order valence-corrected chi connectivity index (χ4v) is 4.00. The van der Waals surface area contributed by atoms with Crippen molar-refractivity contribution in [2.45, 2.75) is 57.3 Å². The Morgan fingerprint density at radius 1 is 1.30 bits per heavy atom. The van der Waals surface area contributed by atoms with Crippen molar-refractivity contribution in [2.75, 3.05) is 6.54 Å². The van der Waals surface area contributed by atoms with Crippen LogP contribution < -0.4 is 11.1 Å². The van der Waals surface area contributed by atoms with Gasteiger partial charge in [-0.3, -0.25) is 13.9 Å². The number of aryl methyl sites for hydroxylation is 1. The van der Waals surface area contributed by atoms with Crippen molar-refractivity contribution in [1.29, 1.82) is 0 Å². The minimum Gasteiger partial charge on any atom is -0.479 e. The molecule has 0 heterocycles. The summed E-state index contributed by atoms with van der Waals surface area (Å²) in [5, 5.41) is 11.7. The molecule has 0 saturated carbocycles. The minimum absolute atomic E-state index is 0. The Morgan fingerprint density at radius 2 is 1.96 bits per heavy atom. The summed E-state index contributed by atoms with van der Waals surface area (Å²) < 4.78 is 17.6. The van der Waals surface area contributed by atoms with Gasteiger partial charge >= 0.3 is 13.6 Å². The number of benzene rings is 1. The van der Waals surface area contributed by atoms with Gasteiger partial charge in [0, 0.05) is 7.85 Å². The van der Waals surface area contributed by atoms with Gasteiger partial charge in [-0.05, 0) is 44.2 Å². The number of hydrogen-bond donors (Lipinski definition) is 4. The third-order valence-electron chi connectivity index (χ3n) is 4.07.